The molecule has 33 heavy (non-hydrogen) atoms. The Bertz CT molecular complexity index is 1200. The van der Waals surface area contributed by atoms with E-state index in [1.807, 2.05) is 0 Å². The SMILES string of the molecule is C[C@@](CCn1cc(C#Cc2cccc(C#N)c2)cn1)(C(=O)NOC1CCCCO1)S(C)(=O)=O. The molecule has 0 radical (unpaired) electrons. The predicted molar refractivity (Wildman–Crippen MR) is 120 cm³/mol. The Kier molecular flexibility index (Phi) is 7.88. The van der Waals surface area contributed by atoms with Gasteiger partial charge in [0, 0.05) is 37.6 Å². The van der Waals surface area contributed by atoms with Crippen LogP contribution in [0.15, 0.2) is 36.7 Å². The fourth-order valence-corrected chi connectivity index (χ4v) is 4.03. The van der Waals surface area contributed by atoms with Gasteiger partial charge in [0.1, 0.15) is 0 Å². The molecule has 9 nitrogen and oxygen atoms in total. The van der Waals surface area contributed by atoms with Gasteiger partial charge in [-0.2, -0.15) is 10.4 Å². The van der Waals surface area contributed by atoms with Crippen molar-refractivity contribution in [1.29, 1.82) is 5.26 Å². The molecule has 1 aromatic carbocycles. The van der Waals surface area contributed by atoms with E-state index >= 15 is 0 Å². The summed E-state index contributed by atoms with van der Waals surface area (Å²) in [4.78, 5) is 18.0. The van der Waals surface area contributed by atoms with Gasteiger partial charge >= 0.3 is 0 Å². The summed E-state index contributed by atoms with van der Waals surface area (Å²) in [6.45, 7) is 2.09. The standard InChI is InChI=1S/C23H26N4O5S/c1-23(33(2,29)30,22(28)26-32-21-8-3-4-13-31-21)11-12-27-17-20(16-25-27)10-9-18-6-5-7-19(14-18)15-24/h5-7,14,16-17,21H,3-4,8,11-13H2,1-2H3,(H,26,28)/t21?,23-/m1/s1. The van der Waals surface area contributed by atoms with Crippen LogP contribution in [0, 0.1) is 23.2 Å². The van der Waals surface area contributed by atoms with Crippen LogP contribution in [-0.2, 0) is 30.8 Å². The number of rotatable bonds is 7. The molecule has 1 aromatic heterocycles. The summed E-state index contributed by atoms with van der Waals surface area (Å²) < 4.78 is 30.1. The molecule has 1 N–H and O–H groups in total. The minimum absolute atomic E-state index is 0.00862. The van der Waals surface area contributed by atoms with Gasteiger partial charge in [0.05, 0.1) is 23.4 Å². The fraction of sp³-hybridized carbons (Fsp3) is 0.435. The maximum absolute atomic E-state index is 12.7. The number of benzene rings is 1. The van der Waals surface area contributed by atoms with Crippen molar-refractivity contribution in [3.05, 3.63) is 53.3 Å². The molecule has 0 bridgehead atoms. The van der Waals surface area contributed by atoms with E-state index in [-0.39, 0.29) is 13.0 Å². The van der Waals surface area contributed by atoms with Crippen LogP contribution < -0.4 is 5.48 Å². The van der Waals surface area contributed by atoms with Crippen LogP contribution in [-0.4, -0.2) is 48.0 Å². The Hall–Kier alpha value is -3.18. The number of nitrogens with one attached hydrogen (secondary N) is 1. The molecular weight excluding hydrogens is 444 g/mol. The van der Waals surface area contributed by atoms with Crippen LogP contribution in [0.4, 0.5) is 0 Å². The van der Waals surface area contributed by atoms with Crippen LogP contribution in [0.3, 0.4) is 0 Å². The molecule has 2 aromatic rings. The first-order chi connectivity index (χ1) is 15.7. The van der Waals surface area contributed by atoms with Gasteiger partial charge in [0.25, 0.3) is 5.91 Å². The summed E-state index contributed by atoms with van der Waals surface area (Å²) in [6.07, 6.45) is 6.15. The Morgan fingerprint density at radius 2 is 2.09 bits per heavy atom. The molecule has 0 aliphatic carbocycles. The van der Waals surface area contributed by atoms with Gasteiger partial charge in [0.2, 0.25) is 0 Å². The van der Waals surface area contributed by atoms with E-state index in [1.165, 1.54) is 11.6 Å². The number of sulfone groups is 1. The van der Waals surface area contributed by atoms with Gasteiger partial charge < -0.3 is 4.74 Å². The van der Waals surface area contributed by atoms with Crippen molar-refractivity contribution < 1.29 is 22.8 Å². The van der Waals surface area contributed by atoms with Gasteiger partial charge in [0.15, 0.2) is 20.9 Å². The molecular formula is C23H26N4O5S. The minimum atomic E-state index is -3.76. The number of ether oxygens (including phenoxy) is 1. The molecule has 2 heterocycles. The molecule has 1 aliphatic heterocycles. The molecule has 3 rings (SSSR count). The number of amides is 1. The molecule has 1 amide bonds. The first-order valence-corrected chi connectivity index (χ1v) is 12.4. The van der Waals surface area contributed by atoms with Gasteiger partial charge in [-0.15, -0.1) is 0 Å². The fourth-order valence-electron chi connectivity index (χ4n) is 3.19. The summed E-state index contributed by atoms with van der Waals surface area (Å²) in [6, 6.07) is 9.01. The monoisotopic (exact) mass is 470 g/mol. The average Bonchev–Trinajstić information content (AvgIpc) is 3.27. The van der Waals surface area contributed by atoms with E-state index in [0.29, 0.717) is 29.7 Å². The van der Waals surface area contributed by atoms with Crippen LogP contribution in [0.5, 0.6) is 0 Å². The number of hydrogen-bond donors (Lipinski definition) is 1. The number of aromatic nitrogens is 2. The summed E-state index contributed by atoms with van der Waals surface area (Å²) >= 11 is 0. The average molecular weight is 471 g/mol. The lowest BCUT2D eigenvalue weighted by molar-refractivity contribution is -0.201. The van der Waals surface area contributed by atoms with Crippen molar-refractivity contribution >= 4 is 15.7 Å². The molecule has 1 aliphatic rings. The maximum Gasteiger partial charge on any atom is 0.264 e. The number of aryl methyl sites for hydroxylation is 1. The maximum atomic E-state index is 12.7. The van der Waals surface area contributed by atoms with Crippen LogP contribution in [0.2, 0.25) is 0 Å². The second-order valence-corrected chi connectivity index (χ2v) is 10.5. The van der Waals surface area contributed by atoms with Crippen LogP contribution >= 0.6 is 0 Å². The van der Waals surface area contributed by atoms with E-state index in [2.05, 4.69) is 28.5 Å². The highest BCUT2D eigenvalue weighted by atomic mass is 32.2. The Labute approximate surface area is 193 Å². The predicted octanol–water partition coefficient (Wildman–Crippen LogP) is 1.92. The lowest BCUT2D eigenvalue weighted by Crippen LogP contribution is -2.51. The first-order valence-electron chi connectivity index (χ1n) is 10.5. The largest absolute Gasteiger partial charge is 0.350 e. The molecule has 174 valence electrons. The Morgan fingerprint density at radius 1 is 1.33 bits per heavy atom. The molecule has 0 saturated carbocycles. The first kappa shape index (κ1) is 24.5. The van der Waals surface area contributed by atoms with E-state index < -0.39 is 26.8 Å². The van der Waals surface area contributed by atoms with Crippen molar-refractivity contribution in [3.63, 3.8) is 0 Å². The molecule has 1 fully saturated rings. The van der Waals surface area contributed by atoms with Crippen LogP contribution in [0.1, 0.15) is 49.3 Å². The normalized spacial score (nSPS) is 17.8. The lowest BCUT2D eigenvalue weighted by Gasteiger charge is -2.28. The second kappa shape index (κ2) is 10.6. The molecule has 1 saturated heterocycles. The van der Waals surface area contributed by atoms with Gasteiger partial charge in [-0.25, -0.2) is 18.7 Å². The number of nitriles is 1. The highest BCUT2D eigenvalue weighted by molar-refractivity contribution is 7.92. The molecule has 2 atom stereocenters. The Balaban J connectivity index is 1.64. The van der Waals surface area contributed by atoms with Gasteiger partial charge in [-0.05, 0) is 44.4 Å². The smallest absolute Gasteiger partial charge is 0.264 e. The topological polar surface area (TPSA) is 123 Å². The zero-order chi connectivity index (χ0) is 23.9. The summed E-state index contributed by atoms with van der Waals surface area (Å²) in [5, 5.41) is 13.2. The number of carbonyl (C=O) groups is 1. The van der Waals surface area contributed by atoms with Crippen molar-refractivity contribution in [2.75, 3.05) is 12.9 Å². The van der Waals surface area contributed by atoms with Crippen LogP contribution in [0.25, 0.3) is 0 Å². The molecule has 1 unspecified atom stereocenters. The number of hydroxylamine groups is 1. The zero-order valence-corrected chi connectivity index (χ0v) is 19.4. The van der Waals surface area contributed by atoms with Crippen molar-refractivity contribution in [2.24, 2.45) is 0 Å². The van der Waals surface area contributed by atoms with Crippen molar-refractivity contribution in [2.45, 2.75) is 50.2 Å². The highest BCUT2D eigenvalue weighted by Crippen LogP contribution is 2.23. The second-order valence-electron chi connectivity index (χ2n) is 8.03. The van der Waals surface area contributed by atoms with E-state index in [1.54, 1.807) is 36.7 Å². The summed E-state index contributed by atoms with van der Waals surface area (Å²) in [7, 11) is -3.76. The summed E-state index contributed by atoms with van der Waals surface area (Å²) in [5.74, 6) is 5.19. The molecule has 10 heteroatoms. The minimum Gasteiger partial charge on any atom is -0.350 e. The number of carbonyl (C=O) groups excluding carboxylic acids is 1. The Morgan fingerprint density at radius 3 is 2.79 bits per heavy atom. The number of nitrogens with zero attached hydrogens (tertiary/aromatic N) is 3. The van der Waals surface area contributed by atoms with Gasteiger partial charge in [-0.3, -0.25) is 9.48 Å². The van der Waals surface area contributed by atoms with E-state index in [0.717, 1.165) is 19.1 Å². The third-order valence-electron chi connectivity index (χ3n) is 5.51. The lowest BCUT2D eigenvalue weighted by atomic mass is 10.1. The van der Waals surface area contributed by atoms with E-state index in [9.17, 15) is 13.2 Å². The summed E-state index contributed by atoms with van der Waals surface area (Å²) in [5.41, 5.74) is 4.12. The highest BCUT2D eigenvalue weighted by Gasteiger charge is 2.44. The van der Waals surface area contributed by atoms with Crippen molar-refractivity contribution in [3.8, 4) is 17.9 Å². The zero-order valence-electron chi connectivity index (χ0n) is 18.6. The van der Waals surface area contributed by atoms with Crippen molar-refractivity contribution in [1.82, 2.24) is 15.3 Å². The van der Waals surface area contributed by atoms with Gasteiger partial charge in [-0.1, -0.05) is 17.9 Å². The number of hydrogen-bond acceptors (Lipinski definition) is 7. The third-order valence-corrected chi connectivity index (χ3v) is 7.54. The van der Waals surface area contributed by atoms with E-state index in [4.69, 9.17) is 14.8 Å². The molecule has 0 spiro atoms. The third kappa shape index (κ3) is 6.42. The quantitative estimate of drug-likeness (QED) is 0.484.